The first-order valence-electron chi connectivity index (χ1n) is 9.94. The summed E-state index contributed by atoms with van der Waals surface area (Å²) in [7, 11) is 1.77. The van der Waals surface area contributed by atoms with Gasteiger partial charge in [0, 0.05) is 25.2 Å². The first-order valence-corrected chi connectivity index (χ1v) is 9.94. The third kappa shape index (κ3) is 3.90. The summed E-state index contributed by atoms with van der Waals surface area (Å²) >= 11 is 0. The lowest BCUT2D eigenvalue weighted by atomic mass is 9.83. The molecule has 2 fully saturated rings. The molecule has 1 aromatic carbocycles. The Morgan fingerprint density at radius 1 is 1.19 bits per heavy atom. The van der Waals surface area contributed by atoms with Crippen molar-refractivity contribution in [2.75, 3.05) is 19.6 Å². The van der Waals surface area contributed by atoms with E-state index in [1.54, 1.807) is 29.9 Å². The van der Waals surface area contributed by atoms with Crippen LogP contribution in [-0.2, 0) is 7.05 Å². The van der Waals surface area contributed by atoms with Crippen LogP contribution in [0.25, 0.3) is 11.3 Å². The number of carbonyl (C=O) groups is 1. The third-order valence-electron chi connectivity index (χ3n) is 6.01. The average molecular weight is 370 g/mol. The minimum Gasteiger partial charge on any atom is -0.350 e. The molecule has 1 N–H and O–H groups in total. The van der Waals surface area contributed by atoms with Gasteiger partial charge in [-0.3, -0.25) is 9.48 Å². The van der Waals surface area contributed by atoms with Gasteiger partial charge in [-0.05, 0) is 75.0 Å². The fourth-order valence-electron chi connectivity index (χ4n) is 4.57. The van der Waals surface area contributed by atoms with Gasteiger partial charge in [0.2, 0.25) is 0 Å². The molecule has 2 aliphatic heterocycles. The van der Waals surface area contributed by atoms with Gasteiger partial charge in [0.25, 0.3) is 5.91 Å². The van der Waals surface area contributed by atoms with Gasteiger partial charge in [0.15, 0.2) is 0 Å². The smallest absolute Gasteiger partial charge is 0.269 e. The molecule has 2 saturated heterocycles. The molecule has 144 valence electrons. The highest BCUT2D eigenvalue weighted by Gasteiger charge is 2.33. The van der Waals surface area contributed by atoms with Crippen molar-refractivity contribution in [1.82, 2.24) is 20.0 Å². The minimum atomic E-state index is -0.281. The van der Waals surface area contributed by atoms with E-state index < -0.39 is 0 Å². The molecule has 1 amide bonds. The minimum absolute atomic E-state index is 0.0914. The number of nitrogens with one attached hydrogen (secondary N) is 1. The largest absolute Gasteiger partial charge is 0.350 e. The van der Waals surface area contributed by atoms with Crippen LogP contribution in [0.1, 0.15) is 42.6 Å². The van der Waals surface area contributed by atoms with Crippen LogP contribution in [0.2, 0.25) is 0 Å². The normalized spacial score (nSPS) is 23.0. The van der Waals surface area contributed by atoms with Crippen molar-refractivity contribution in [3.63, 3.8) is 0 Å². The Hall–Kier alpha value is -2.21. The van der Waals surface area contributed by atoms with E-state index in [1.165, 1.54) is 57.3 Å². The molecule has 2 atom stereocenters. The Labute approximate surface area is 159 Å². The Bertz CT molecular complexity index is 799. The fourth-order valence-corrected chi connectivity index (χ4v) is 4.57. The summed E-state index contributed by atoms with van der Waals surface area (Å²) in [6.07, 6.45) is 6.26. The third-order valence-corrected chi connectivity index (χ3v) is 6.01. The van der Waals surface area contributed by atoms with Crippen LogP contribution in [0.4, 0.5) is 4.39 Å². The van der Waals surface area contributed by atoms with Crippen LogP contribution in [-0.4, -0.2) is 46.3 Å². The zero-order chi connectivity index (χ0) is 18.8. The van der Waals surface area contributed by atoms with Crippen molar-refractivity contribution < 1.29 is 9.18 Å². The molecule has 4 rings (SSSR count). The second kappa shape index (κ2) is 7.80. The molecule has 0 spiro atoms. The van der Waals surface area contributed by atoms with Crippen LogP contribution in [0, 0.1) is 11.7 Å². The number of nitrogens with zero attached hydrogens (tertiary/aromatic N) is 3. The van der Waals surface area contributed by atoms with Gasteiger partial charge in [-0.25, -0.2) is 4.39 Å². The number of hydrogen-bond donors (Lipinski definition) is 1. The van der Waals surface area contributed by atoms with Gasteiger partial charge in [-0.2, -0.15) is 5.10 Å². The molecule has 0 bridgehead atoms. The predicted molar refractivity (Wildman–Crippen MR) is 103 cm³/mol. The topological polar surface area (TPSA) is 50.2 Å². The van der Waals surface area contributed by atoms with E-state index >= 15 is 0 Å². The number of amides is 1. The predicted octanol–water partition coefficient (Wildman–Crippen LogP) is 3.22. The van der Waals surface area contributed by atoms with Gasteiger partial charge in [-0.15, -0.1) is 0 Å². The van der Waals surface area contributed by atoms with Crippen LogP contribution in [0.3, 0.4) is 0 Å². The van der Waals surface area contributed by atoms with Gasteiger partial charge >= 0.3 is 0 Å². The SMILES string of the molecule is Cn1nc(-c2ccc(F)cc2)cc1C(=O)NC[C@H]1CCCN2CCCC[C@H]12. The van der Waals surface area contributed by atoms with E-state index in [9.17, 15) is 9.18 Å². The first-order chi connectivity index (χ1) is 13.1. The van der Waals surface area contributed by atoms with Crippen LogP contribution < -0.4 is 5.32 Å². The summed E-state index contributed by atoms with van der Waals surface area (Å²) in [5.41, 5.74) is 2.01. The molecule has 2 aromatic rings. The highest BCUT2D eigenvalue weighted by Crippen LogP contribution is 2.30. The summed E-state index contributed by atoms with van der Waals surface area (Å²) in [5.74, 6) is 0.163. The summed E-state index contributed by atoms with van der Waals surface area (Å²) in [4.78, 5) is 15.3. The molecular formula is C21H27FN4O. The summed E-state index contributed by atoms with van der Waals surface area (Å²) in [6.45, 7) is 3.13. The summed E-state index contributed by atoms with van der Waals surface area (Å²) < 4.78 is 14.7. The highest BCUT2D eigenvalue weighted by atomic mass is 19.1. The Morgan fingerprint density at radius 2 is 1.96 bits per heavy atom. The Kier molecular flexibility index (Phi) is 5.25. The molecule has 1 aromatic heterocycles. The van der Waals surface area contributed by atoms with E-state index in [0.29, 0.717) is 23.3 Å². The van der Waals surface area contributed by atoms with Crippen LogP contribution in [0.5, 0.6) is 0 Å². The van der Waals surface area contributed by atoms with Crippen molar-refractivity contribution in [2.24, 2.45) is 13.0 Å². The van der Waals surface area contributed by atoms with E-state index in [1.807, 2.05) is 0 Å². The molecule has 6 heteroatoms. The highest BCUT2D eigenvalue weighted by molar-refractivity contribution is 5.93. The van der Waals surface area contributed by atoms with E-state index in [0.717, 1.165) is 12.1 Å². The maximum atomic E-state index is 13.1. The van der Waals surface area contributed by atoms with Crippen LogP contribution in [0.15, 0.2) is 30.3 Å². The van der Waals surface area contributed by atoms with Crippen molar-refractivity contribution in [1.29, 1.82) is 0 Å². The maximum absolute atomic E-state index is 13.1. The number of fused-ring (bicyclic) bond motifs is 1. The van der Waals surface area contributed by atoms with E-state index in [-0.39, 0.29) is 11.7 Å². The number of rotatable bonds is 4. The van der Waals surface area contributed by atoms with Crippen molar-refractivity contribution >= 4 is 5.91 Å². The molecule has 0 radical (unpaired) electrons. The molecule has 0 aliphatic carbocycles. The number of halogens is 1. The second-order valence-corrected chi connectivity index (χ2v) is 7.76. The fraction of sp³-hybridized carbons (Fsp3) is 0.524. The summed E-state index contributed by atoms with van der Waals surface area (Å²) in [5, 5.41) is 7.55. The molecule has 2 aliphatic rings. The number of piperidine rings is 2. The van der Waals surface area contributed by atoms with Crippen LogP contribution >= 0.6 is 0 Å². The van der Waals surface area contributed by atoms with Gasteiger partial charge < -0.3 is 10.2 Å². The molecule has 5 nitrogen and oxygen atoms in total. The monoisotopic (exact) mass is 370 g/mol. The lowest BCUT2D eigenvalue weighted by Gasteiger charge is -2.44. The van der Waals surface area contributed by atoms with Crippen molar-refractivity contribution in [3.05, 3.63) is 41.8 Å². The number of benzene rings is 1. The zero-order valence-corrected chi connectivity index (χ0v) is 15.8. The quantitative estimate of drug-likeness (QED) is 0.899. The number of carbonyl (C=O) groups excluding carboxylic acids is 1. The lowest BCUT2D eigenvalue weighted by molar-refractivity contribution is 0.0574. The zero-order valence-electron chi connectivity index (χ0n) is 15.8. The Morgan fingerprint density at radius 3 is 2.78 bits per heavy atom. The molecule has 3 heterocycles. The van der Waals surface area contributed by atoms with Gasteiger partial charge in [0.05, 0.1) is 5.69 Å². The summed E-state index contributed by atoms with van der Waals surface area (Å²) in [6, 6.07) is 8.56. The Balaban J connectivity index is 1.42. The van der Waals surface area contributed by atoms with E-state index in [2.05, 4.69) is 15.3 Å². The molecule has 27 heavy (non-hydrogen) atoms. The standard InChI is InChI=1S/C21H27FN4O/c1-25-20(13-18(24-25)15-7-9-17(22)10-8-15)21(27)23-14-16-5-4-12-26-11-3-2-6-19(16)26/h7-10,13,16,19H,2-6,11-12,14H2,1H3,(H,23,27)/t16-,19-/m1/s1. The molecule has 0 unspecified atom stereocenters. The van der Waals surface area contributed by atoms with E-state index in [4.69, 9.17) is 0 Å². The molecular weight excluding hydrogens is 343 g/mol. The van der Waals surface area contributed by atoms with Gasteiger partial charge in [0.1, 0.15) is 11.5 Å². The number of hydrogen-bond acceptors (Lipinski definition) is 3. The van der Waals surface area contributed by atoms with Gasteiger partial charge in [-0.1, -0.05) is 6.42 Å². The second-order valence-electron chi connectivity index (χ2n) is 7.76. The maximum Gasteiger partial charge on any atom is 0.269 e. The van der Waals surface area contributed by atoms with Crippen molar-refractivity contribution in [2.45, 2.75) is 38.1 Å². The first kappa shape index (κ1) is 18.2. The lowest BCUT2D eigenvalue weighted by Crippen LogP contribution is -2.51. The molecule has 0 saturated carbocycles. The number of aromatic nitrogens is 2. The average Bonchev–Trinajstić information content (AvgIpc) is 3.08. The van der Waals surface area contributed by atoms with Crippen molar-refractivity contribution in [3.8, 4) is 11.3 Å². The number of aryl methyl sites for hydroxylation is 1.